The molecule has 0 aromatic rings. The second-order valence-corrected chi connectivity index (χ2v) is 4.14. The highest BCUT2D eigenvalue weighted by Crippen LogP contribution is 2.11. The Labute approximate surface area is 77.6 Å². The van der Waals surface area contributed by atoms with Gasteiger partial charge in [0.1, 0.15) is 0 Å². The van der Waals surface area contributed by atoms with Gasteiger partial charge >= 0.3 is 0 Å². The van der Waals surface area contributed by atoms with Crippen LogP contribution in [-0.2, 0) is 10.1 Å². The van der Waals surface area contributed by atoms with E-state index in [4.69, 9.17) is 4.55 Å². The number of nitrogens with zero attached hydrogens (tertiary/aromatic N) is 1. The predicted octanol–water partition coefficient (Wildman–Crippen LogP) is 0.773. The molecule has 1 aliphatic heterocycles. The first kappa shape index (κ1) is 10.0. The highest BCUT2D eigenvalue weighted by atomic mass is 32.2. The van der Waals surface area contributed by atoms with Gasteiger partial charge in [-0.3, -0.25) is 4.55 Å². The third kappa shape index (κ3) is 2.71. The van der Waals surface area contributed by atoms with Crippen LogP contribution in [0.3, 0.4) is 0 Å². The molecule has 0 aromatic carbocycles. The van der Waals surface area contributed by atoms with E-state index in [0.29, 0.717) is 6.54 Å². The van der Waals surface area contributed by atoms with Crippen LogP contribution in [0.5, 0.6) is 0 Å². The van der Waals surface area contributed by atoms with E-state index in [1.165, 1.54) is 6.08 Å². The van der Waals surface area contributed by atoms with Crippen molar-refractivity contribution in [1.82, 2.24) is 4.90 Å². The Bertz CT molecular complexity index is 354. The summed E-state index contributed by atoms with van der Waals surface area (Å²) < 4.78 is 30.2. The summed E-state index contributed by atoms with van der Waals surface area (Å²) in [6.07, 6.45) is 6.37. The van der Waals surface area contributed by atoms with Gasteiger partial charge in [-0.2, -0.15) is 8.42 Å². The van der Waals surface area contributed by atoms with Gasteiger partial charge in [0.15, 0.2) is 0 Å². The van der Waals surface area contributed by atoms with Gasteiger partial charge in [-0.05, 0) is 18.4 Å². The first-order valence-corrected chi connectivity index (χ1v) is 5.18. The standard InChI is InChI=1S/C8H11NO3S/c1-2-5-9-6-3-4-8(7-9)13(10,11)12/h2-4,6H,1,5,7H2,(H,10,11,12). The summed E-state index contributed by atoms with van der Waals surface area (Å²) in [5.74, 6) is 0. The quantitative estimate of drug-likeness (QED) is 0.541. The van der Waals surface area contributed by atoms with Crippen molar-refractivity contribution in [3.05, 3.63) is 35.9 Å². The Morgan fingerprint density at radius 1 is 1.69 bits per heavy atom. The zero-order valence-corrected chi connectivity index (χ0v) is 7.87. The Kier molecular flexibility index (Phi) is 2.90. The first-order valence-electron chi connectivity index (χ1n) is 3.74. The highest BCUT2D eigenvalue weighted by Gasteiger charge is 2.17. The molecule has 0 radical (unpaired) electrons. The summed E-state index contributed by atoms with van der Waals surface area (Å²) in [4.78, 5) is 1.74. The third-order valence-electron chi connectivity index (χ3n) is 1.63. The maximum Gasteiger partial charge on any atom is 0.292 e. The minimum Gasteiger partial charge on any atom is -0.369 e. The topological polar surface area (TPSA) is 57.6 Å². The van der Waals surface area contributed by atoms with E-state index < -0.39 is 10.1 Å². The fourth-order valence-corrected chi connectivity index (χ4v) is 1.62. The molecule has 13 heavy (non-hydrogen) atoms. The molecule has 0 atom stereocenters. The molecule has 0 spiro atoms. The summed E-state index contributed by atoms with van der Waals surface area (Å²) in [7, 11) is -4.04. The lowest BCUT2D eigenvalue weighted by Crippen LogP contribution is -2.25. The average molecular weight is 201 g/mol. The molecular weight excluding hydrogens is 190 g/mol. The maximum atomic E-state index is 10.7. The number of rotatable bonds is 3. The van der Waals surface area contributed by atoms with E-state index in [-0.39, 0.29) is 11.4 Å². The van der Waals surface area contributed by atoms with Crippen molar-refractivity contribution in [1.29, 1.82) is 0 Å². The lowest BCUT2D eigenvalue weighted by atomic mass is 10.3. The molecule has 5 heteroatoms. The number of hydrogen-bond acceptors (Lipinski definition) is 3. The summed E-state index contributed by atoms with van der Waals surface area (Å²) in [5.41, 5.74) is 0. The lowest BCUT2D eigenvalue weighted by Gasteiger charge is -2.21. The van der Waals surface area contributed by atoms with Crippen molar-refractivity contribution >= 4 is 10.1 Å². The Balaban J connectivity index is 2.78. The highest BCUT2D eigenvalue weighted by molar-refractivity contribution is 7.89. The summed E-state index contributed by atoms with van der Waals surface area (Å²) in [6, 6.07) is 0. The fraction of sp³-hybridized carbons (Fsp3) is 0.250. The number of allylic oxidation sites excluding steroid dienone is 2. The van der Waals surface area contributed by atoms with Gasteiger partial charge in [0.05, 0.1) is 11.4 Å². The largest absolute Gasteiger partial charge is 0.369 e. The van der Waals surface area contributed by atoms with Crippen molar-refractivity contribution in [2.45, 2.75) is 0 Å². The average Bonchev–Trinajstić information content (AvgIpc) is 2.04. The summed E-state index contributed by atoms with van der Waals surface area (Å²) in [6.45, 7) is 4.29. The van der Waals surface area contributed by atoms with Crippen LogP contribution in [-0.4, -0.2) is 31.0 Å². The van der Waals surface area contributed by atoms with Crippen molar-refractivity contribution < 1.29 is 13.0 Å². The van der Waals surface area contributed by atoms with Crippen LogP contribution < -0.4 is 0 Å². The van der Waals surface area contributed by atoms with E-state index in [2.05, 4.69) is 6.58 Å². The molecule has 1 heterocycles. The predicted molar refractivity (Wildman–Crippen MR) is 50.5 cm³/mol. The van der Waals surface area contributed by atoms with Crippen LogP contribution in [0.15, 0.2) is 35.9 Å². The molecule has 1 N–H and O–H groups in total. The van der Waals surface area contributed by atoms with Gasteiger partial charge in [0.25, 0.3) is 10.1 Å². The molecule has 4 nitrogen and oxygen atoms in total. The molecule has 0 saturated heterocycles. The van der Waals surface area contributed by atoms with Gasteiger partial charge in [-0.25, -0.2) is 0 Å². The molecule has 0 bridgehead atoms. The molecule has 0 aliphatic carbocycles. The van der Waals surface area contributed by atoms with Crippen LogP contribution in [0.2, 0.25) is 0 Å². The zero-order chi connectivity index (χ0) is 9.90. The monoisotopic (exact) mass is 201 g/mol. The van der Waals surface area contributed by atoms with Gasteiger partial charge in [-0.15, -0.1) is 6.58 Å². The molecule has 0 unspecified atom stereocenters. The number of hydrogen-bond donors (Lipinski definition) is 1. The van der Waals surface area contributed by atoms with E-state index in [1.54, 1.807) is 23.3 Å². The van der Waals surface area contributed by atoms with E-state index >= 15 is 0 Å². The van der Waals surface area contributed by atoms with Gasteiger partial charge in [-0.1, -0.05) is 6.08 Å². The molecular formula is C8H11NO3S. The smallest absolute Gasteiger partial charge is 0.292 e. The maximum absolute atomic E-state index is 10.7. The van der Waals surface area contributed by atoms with Gasteiger partial charge in [0, 0.05) is 6.54 Å². The van der Waals surface area contributed by atoms with E-state index in [9.17, 15) is 8.42 Å². The minimum absolute atomic E-state index is 0.0110. The van der Waals surface area contributed by atoms with Crippen LogP contribution in [0.1, 0.15) is 0 Å². The molecule has 0 saturated carbocycles. The fourth-order valence-electron chi connectivity index (χ4n) is 1.04. The SMILES string of the molecule is C=CCN1C=CC=C(S(=O)(=O)O)C1. The van der Waals surface area contributed by atoms with Crippen molar-refractivity contribution in [2.24, 2.45) is 0 Å². The minimum atomic E-state index is -4.04. The third-order valence-corrected chi connectivity index (χ3v) is 2.56. The second-order valence-electron chi connectivity index (χ2n) is 2.67. The van der Waals surface area contributed by atoms with Gasteiger partial charge in [0.2, 0.25) is 0 Å². The van der Waals surface area contributed by atoms with Crippen molar-refractivity contribution in [2.75, 3.05) is 13.1 Å². The Morgan fingerprint density at radius 2 is 2.38 bits per heavy atom. The van der Waals surface area contributed by atoms with Crippen LogP contribution in [0, 0.1) is 0 Å². The van der Waals surface area contributed by atoms with Crippen molar-refractivity contribution in [3.63, 3.8) is 0 Å². The Morgan fingerprint density at radius 3 is 2.92 bits per heavy atom. The van der Waals surface area contributed by atoms with Crippen LogP contribution in [0.4, 0.5) is 0 Å². The van der Waals surface area contributed by atoms with Crippen molar-refractivity contribution in [3.8, 4) is 0 Å². The molecule has 1 rings (SSSR count). The second kappa shape index (κ2) is 3.76. The molecule has 0 fully saturated rings. The summed E-state index contributed by atoms with van der Waals surface area (Å²) >= 11 is 0. The zero-order valence-electron chi connectivity index (χ0n) is 7.05. The lowest BCUT2D eigenvalue weighted by molar-refractivity contribution is 0.439. The van der Waals surface area contributed by atoms with Crippen LogP contribution >= 0.6 is 0 Å². The van der Waals surface area contributed by atoms with E-state index in [1.807, 2.05) is 0 Å². The summed E-state index contributed by atoms with van der Waals surface area (Å²) in [5, 5.41) is 0. The van der Waals surface area contributed by atoms with Gasteiger partial charge < -0.3 is 4.90 Å². The molecule has 1 aliphatic rings. The molecule has 0 aromatic heterocycles. The molecule has 72 valence electrons. The normalized spacial score (nSPS) is 17.0. The molecule has 0 amide bonds. The van der Waals surface area contributed by atoms with E-state index in [0.717, 1.165) is 0 Å². The Hall–Kier alpha value is -1.07. The van der Waals surface area contributed by atoms with Crippen LogP contribution in [0.25, 0.3) is 0 Å². The first-order chi connectivity index (χ1) is 6.04.